The van der Waals surface area contributed by atoms with E-state index in [-0.39, 0.29) is 6.04 Å². The van der Waals surface area contributed by atoms with E-state index in [1.807, 2.05) is 19.1 Å². The molecule has 2 nitrogen and oxygen atoms in total. The van der Waals surface area contributed by atoms with Crippen LogP contribution in [-0.2, 0) is 0 Å². The number of hydrogen-bond donors (Lipinski definition) is 1. The summed E-state index contributed by atoms with van der Waals surface area (Å²) in [6, 6.07) is 8.31. The molecular formula is C16H25NO. The number of nitrogens with two attached hydrogens (primary N) is 1. The minimum Gasteiger partial charge on any atom is -0.490 e. The zero-order valence-electron chi connectivity index (χ0n) is 11.7. The monoisotopic (exact) mass is 247 g/mol. The van der Waals surface area contributed by atoms with Crippen LogP contribution in [0.4, 0.5) is 0 Å². The summed E-state index contributed by atoms with van der Waals surface area (Å²) in [5.74, 6) is 2.54. The number of ether oxygens (including phenoxy) is 1. The molecule has 2 rings (SSSR count). The Balaban J connectivity index is 1.96. The molecule has 0 spiro atoms. The SMILES string of the molecule is CC1CC(C)CC(Oc2ccc(C(C)N)cc2)C1. The van der Waals surface area contributed by atoms with Crippen molar-refractivity contribution in [3.05, 3.63) is 29.8 Å². The second-order valence-corrected chi connectivity index (χ2v) is 6.02. The van der Waals surface area contributed by atoms with E-state index in [1.165, 1.54) is 19.3 Å². The third-order valence-electron chi connectivity index (χ3n) is 3.84. The van der Waals surface area contributed by atoms with E-state index in [1.54, 1.807) is 0 Å². The van der Waals surface area contributed by atoms with Crippen LogP contribution in [0.2, 0.25) is 0 Å². The summed E-state index contributed by atoms with van der Waals surface area (Å²) in [5.41, 5.74) is 7.00. The van der Waals surface area contributed by atoms with Gasteiger partial charge in [-0.3, -0.25) is 0 Å². The highest BCUT2D eigenvalue weighted by Gasteiger charge is 2.25. The quantitative estimate of drug-likeness (QED) is 0.879. The first kappa shape index (κ1) is 13.4. The Labute approximate surface area is 111 Å². The molecule has 1 aromatic carbocycles. The molecule has 0 radical (unpaired) electrons. The number of rotatable bonds is 3. The molecule has 0 amide bonds. The Kier molecular flexibility index (Phi) is 4.28. The van der Waals surface area contributed by atoms with Crippen LogP contribution in [0.1, 0.15) is 51.6 Å². The summed E-state index contributed by atoms with van der Waals surface area (Å²) < 4.78 is 6.09. The van der Waals surface area contributed by atoms with Gasteiger partial charge in [0.1, 0.15) is 5.75 Å². The molecule has 2 N–H and O–H groups in total. The molecule has 1 aromatic rings. The van der Waals surface area contributed by atoms with Crippen LogP contribution in [0, 0.1) is 11.8 Å². The van der Waals surface area contributed by atoms with Crippen LogP contribution in [0.5, 0.6) is 5.75 Å². The predicted molar refractivity (Wildman–Crippen MR) is 75.6 cm³/mol. The van der Waals surface area contributed by atoms with Gasteiger partial charge < -0.3 is 10.5 Å². The van der Waals surface area contributed by atoms with Gasteiger partial charge in [-0.2, -0.15) is 0 Å². The van der Waals surface area contributed by atoms with E-state index >= 15 is 0 Å². The van der Waals surface area contributed by atoms with Crippen molar-refractivity contribution in [3.63, 3.8) is 0 Å². The van der Waals surface area contributed by atoms with Crippen LogP contribution >= 0.6 is 0 Å². The minimum atomic E-state index is 0.0915. The summed E-state index contributed by atoms with van der Waals surface area (Å²) in [4.78, 5) is 0. The summed E-state index contributed by atoms with van der Waals surface area (Å²) in [6.45, 7) is 6.65. The Morgan fingerprint density at radius 2 is 1.61 bits per heavy atom. The second kappa shape index (κ2) is 5.75. The normalized spacial score (nSPS) is 29.9. The highest BCUT2D eigenvalue weighted by atomic mass is 16.5. The standard InChI is InChI=1S/C16H25NO/c1-11-8-12(2)10-16(9-11)18-15-6-4-14(5-7-15)13(3)17/h4-7,11-13,16H,8-10,17H2,1-3H3. The van der Waals surface area contributed by atoms with Gasteiger partial charge in [0.2, 0.25) is 0 Å². The van der Waals surface area contributed by atoms with Gasteiger partial charge in [0.15, 0.2) is 0 Å². The molecule has 100 valence electrons. The fourth-order valence-electron chi connectivity index (χ4n) is 3.01. The lowest BCUT2D eigenvalue weighted by atomic mass is 9.82. The molecule has 1 fully saturated rings. The van der Waals surface area contributed by atoms with Crippen LogP contribution in [0.15, 0.2) is 24.3 Å². The number of hydrogen-bond acceptors (Lipinski definition) is 2. The summed E-state index contributed by atoms with van der Waals surface area (Å²) >= 11 is 0. The van der Waals surface area contributed by atoms with Gasteiger partial charge in [0.25, 0.3) is 0 Å². The molecule has 0 saturated heterocycles. The van der Waals surface area contributed by atoms with E-state index in [4.69, 9.17) is 10.5 Å². The summed E-state index contributed by atoms with van der Waals surface area (Å²) in [7, 11) is 0. The lowest BCUT2D eigenvalue weighted by molar-refractivity contribution is 0.101. The third-order valence-corrected chi connectivity index (χ3v) is 3.84. The van der Waals surface area contributed by atoms with Gasteiger partial charge in [0.05, 0.1) is 6.10 Å². The van der Waals surface area contributed by atoms with Crippen molar-refractivity contribution < 1.29 is 4.74 Å². The molecule has 0 aliphatic heterocycles. The molecule has 2 heteroatoms. The molecule has 3 unspecified atom stereocenters. The minimum absolute atomic E-state index is 0.0915. The first-order chi connectivity index (χ1) is 8.54. The fraction of sp³-hybridized carbons (Fsp3) is 0.625. The molecule has 0 aromatic heterocycles. The van der Waals surface area contributed by atoms with Crippen LogP contribution in [0.3, 0.4) is 0 Å². The fourth-order valence-corrected chi connectivity index (χ4v) is 3.01. The van der Waals surface area contributed by atoms with Gasteiger partial charge in [-0.05, 0) is 55.7 Å². The van der Waals surface area contributed by atoms with E-state index in [2.05, 4.69) is 26.0 Å². The van der Waals surface area contributed by atoms with E-state index in [0.717, 1.165) is 23.1 Å². The second-order valence-electron chi connectivity index (χ2n) is 6.02. The van der Waals surface area contributed by atoms with E-state index < -0.39 is 0 Å². The lowest BCUT2D eigenvalue weighted by Crippen LogP contribution is -2.28. The maximum atomic E-state index is 6.09. The van der Waals surface area contributed by atoms with Crippen LogP contribution < -0.4 is 10.5 Å². The molecule has 0 heterocycles. The largest absolute Gasteiger partial charge is 0.490 e. The average Bonchev–Trinajstić information content (AvgIpc) is 2.28. The van der Waals surface area contributed by atoms with Crippen molar-refractivity contribution in [3.8, 4) is 5.75 Å². The zero-order valence-corrected chi connectivity index (χ0v) is 11.7. The number of benzene rings is 1. The summed E-state index contributed by atoms with van der Waals surface area (Å²) in [6.07, 6.45) is 4.08. The maximum absolute atomic E-state index is 6.09. The van der Waals surface area contributed by atoms with Gasteiger partial charge in [-0.1, -0.05) is 26.0 Å². The maximum Gasteiger partial charge on any atom is 0.119 e. The van der Waals surface area contributed by atoms with Crippen molar-refractivity contribution in [1.29, 1.82) is 0 Å². The van der Waals surface area contributed by atoms with Crippen LogP contribution in [0.25, 0.3) is 0 Å². The highest BCUT2D eigenvalue weighted by molar-refractivity contribution is 5.28. The lowest BCUT2D eigenvalue weighted by Gasteiger charge is -2.31. The van der Waals surface area contributed by atoms with Crippen molar-refractivity contribution in [2.24, 2.45) is 17.6 Å². The molecule has 1 aliphatic carbocycles. The van der Waals surface area contributed by atoms with Crippen molar-refractivity contribution in [2.75, 3.05) is 0 Å². The van der Waals surface area contributed by atoms with Gasteiger partial charge in [-0.25, -0.2) is 0 Å². The first-order valence-corrected chi connectivity index (χ1v) is 7.06. The average molecular weight is 247 g/mol. The van der Waals surface area contributed by atoms with Gasteiger partial charge >= 0.3 is 0 Å². The van der Waals surface area contributed by atoms with Crippen molar-refractivity contribution in [1.82, 2.24) is 0 Å². The molecule has 1 saturated carbocycles. The highest BCUT2D eigenvalue weighted by Crippen LogP contribution is 2.31. The van der Waals surface area contributed by atoms with Crippen molar-refractivity contribution in [2.45, 2.75) is 52.2 Å². The molecule has 3 atom stereocenters. The van der Waals surface area contributed by atoms with Gasteiger partial charge in [0, 0.05) is 6.04 Å². The van der Waals surface area contributed by atoms with E-state index in [0.29, 0.717) is 6.10 Å². The Bertz CT molecular complexity index is 361. The predicted octanol–water partition coefficient (Wildman–Crippen LogP) is 3.91. The topological polar surface area (TPSA) is 35.2 Å². The van der Waals surface area contributed by atoms with E-state index in [9.17, 15) is 0 Å². The zero-order chi connectivity index (χ0) is 13.1. The van der Waals surface area contributed by atoms with Crippen LogP contribution in [-0.4, -0.2) is 6.10 Å². The third kappa shape index (κ3) is 3.49. The Hall–Kier alpha value is -1.02. The molecule has 18 heavy (non-hydrogen) atoms. The first-order valence-electron chi connectivity index (χ1n) is 7.06. The summed E-state index contributed by atoms with van der Waals surface area (Å²) in [5, 5.41) is 0. The molecular weight excluding hydrogens is 222 g/mol. The molecule has 1 aliphatic rings. The van der Waals surface area contributed by atoms with Crippen molar-refractivity contribution >= 4 is 0 Å². The Morgan fingerprint density at radius 3 is 2.11 bits per heavy atom. The molecule has 0 bridgehead atoms. The smallest absolute Gasteiger partial charge is 0.119 e. The Morgan fingerprint density at radius 1 is 1.06 bits per heavy atom. The van der Waals surface area contributed by atoms with Gasteiger partial charge in [-0.15, -0.1) is 0 Å².